The Morgan fingerprint density at radius 3 is 2.35 bits per heavy atom. The number of hydrogen-bond donors (Lipinski definition) is 1. The highest BCUT2D eigenvalue weighted by molar-refractivity contribution is 6.01. The van der Waals surface area contributed by atoms with E-state index in [1.165, 1.54) is 0 Å². The van der Waals surface area contributed by atoms with E-state index in [2.05, 4.69) is 70.0 Å². The second kappa shape index (κ2) is 9.78. The predicted molar refractivity (Wildman–Crippen MR) is 146 cm³/mol. The molecule has 0 bridgehead atoms. The molecule has 0 unspecified atom stereocenters. The van der Waals surface area contributed by atoms with Crippen molar-refractivity contribution in [2.75, 3.05) is 0 Å². The summed E-state index contributed by atoms with van der Waals surface area (Å²) in [5, 5.41) is 17.6. The maximum atomic E-state index is 13.6. The quantitative estimate of drug-likeness (QED) is 0.309. The Labute approximate surface area is 213 Å². The number of hydrogen-bond acceptors (Lipinski definition) is 5. The topological polar surface area (TPSA) is 89.4 Å². The molecule has 0 radical (unpaired) electrons. The predicted octanol–water partition coefficient (Wildman–Crippen LogP) is 5.79. The number of aryl methyl sites for hydroxylation is 1. The monoisotopic (exact) mass is 486 g/mol. The van der Waals surface area contributed by atoms with E-state index in [-0.39, 0.29) is 5.56 Å². The standard InChI is InChI=1S/C30H26N6O/c1-2-3-18-28-31-27-17-7-6-13-26(27)30(37)36(28)19-20-10-8-15-22-21(20)14-9-16-23(22)24-11-4-5-12-25(24)29-32-34-35-33-29/h4-17H,2-3,18-19H2,1H3,(H,32,33,34,35). The summed E-state index contributed by atoms with van der Waals surface area (Å²) in [6.07, 6.45) is 2.79. The van der Waals surface area contributed by atoms with Crippen molar-refractivity contribution in [3.8, 4) is 22.5 Å². The molecule has 0 saturated carbocycles. The minimum Gasteiger partial charge on any atom is -0.292 e. The maximum absolute atomic E-state index is 13.6. The zero-order chi connectivity index (χ0) is 25.2. The third kappa shape index (κ3) is 4.18. The van der Waals surface area contributed by atoms with Crippen LogP contribution in [0.5, 0.6) is 0 Å². The second-order valence-corrected chi connectivity index (χ2v) is 9.14. The molecule has 0 spiro atoms. The van der Waals surface area contributed by atoms with E-state index in [4.69, 9.17) is 4.98 Å². The minimum absolute atomic E-state index is 0.00677. The van der Waals surface area contributed by atoms with Crippen LogP contribution in [0.15, 0.2) is 89.7 Å². The first-order valence-electron chi connectivity index (χ1n) is 12.6. The van der Waals surface area contributed by atoms with Crippen LogP contribution in [-0.2, 0) is 13.0 Å². The van der Waals surface area contributed by atoms with Gasteiger partial charge in [-0.3, -0.25) is 9.36 Å². The van der Waals surface area contributed by atoms with Crippen LogP contribution in [0, 0.1) is 0 Å². The molecule has 0 saturated heterocycles. The van der Waals surface area contributed by atoms with Gasteiger partial charge in [0, 0.05) is 12.0 Å². The van der Waals surface area contributed by atoms with Crippen molar-refractivity contribution in [3.05, 3.63) is 107 Å². The van der Waals surface area contributed by atoms with E-state index in [1.807, 2.05) is 47.0 Å². The van der Waals surface area contributed by atoms with Gasteiger partial charge in [0.1, 0.15) is 5.82 Å². The van der Waals surface area contributed by atoms with E-state index in [1.54, 1.807) is 0 Å². The highest BCUT2D eigenvalue weighted by atomic mass is 16.1. The molecule has 7 nitrogen and oxygen atoms in total. The molecule has 1 N–H and O–H groups in total. The average Bonchev–Trinajstić information content (AvgIpc) is 3.48. The molecular weight excluding hydrogens is 460 g/mol. The lowest BCUT2D eigenvalue weighted by molar-refractivity contribution is 0.648. The number of nitrogens with zero attached hydrogens (tertiary/aromatic N) is 5. The molecule has 0 aliphatic carbocycles. The van der Waals surface area contributed by atoms with Crippen molar-refractivity contribution in [1.82, 2.24) is 30.2 Å². The van der Waals surface area contributed by atoms with Crippen LogP contribution in [0.2, 0.25) is 0 Å². The molecule has 0 aliphatic rings. The number of H-pyrrole nitrogens is 1. The Bertz CT molecular complexity index is 1770. The molecule has 0 fully saturated rings. The molecule has 37 heavy (non-hydrogen) atoms. The lowest BCUT2D eigenvalue weighted by Crippen LogP contribution is -2.26. The average molecular weight is 487 g/mol. The van der Waals surface area contributed by atoms with Gasteiger partial charge in [0.05, 0.1) is 17.4 Å². The minimum atomic E-state index is 0.00677. The molecular formula is C30H26N6O. The normalized spacial score (nSPS) is 11.4. The third-order valence-corrected chi connectivity index (χ3v) is 6.84. The van der Waals surface area contributed by atoms with Crippen molar-refractivity contribution in [2.45, 2.75) is 32.7 Å². The van der Waals surface area contributed by atoms with Gasteiger partial charge in [0.2, 0.25) is 5.82 Å². The van der Waals surface area contributed by atoms with Crippen molar-refractivity contribution >= 4 is 21.7 Å². The highest BCUT2D eigenvalue weighted by Crippen LogP contribution is 2.35. The largest absolute Gasteiger partial charge is 0.292 e. The summed E-state index contributed by atoms with van der Waals surface area (Å²) in [5.74, 6) is 1.39. The molecule has 0 aliphatic heterocycles. The summed E-state index contributed by atoms with van der Waals surface area (Å²) in [7, 11) is 0. The molecule has 0 atom stereocenters. The first-order chi connectivity index (χ1) is 18.2. The third-order valence-electron chi connectivity index (χ3n) is 6.84. The second-order valence-electron chi connectivity index (χ2n) is 9.14. The van der Waals surface area contributed by atoms with Gasteiger partial charge >= 0.3 is 0 Å². The summed E-state index contributed by atoms with van der Waals surface area (Å²) in [4.78, 5) is 18.5. The smallest absolute Gasteiger partial charge is 0.261 e. The Hall–Kier alpha value is -4.65. The van der Waals surface area contributed by atoms with Crippen molar-refractivity contribution in [3.63, 3.8) is 0 Å². The Morgan fingerprint density at radius 1 is 0.784 bits per heavy atom. The van der Waals surface area contributed by atoms with Gasteiger partial charge in [-0.15, -0.1) is 10.2 Å². The number of aromatic amines is 1. The summed E-state index contributed by atoms with van der Waals surface area (Å²) < 4.78 is 1.85. The Morgan fingerprint density at radius 2 is 1.51 bits per heavy atom. The first-order valence-corrected chi connectivity index (χ1v) is 12.6. The van der Waals surface area contributed by atoms with Crippen LogP contribution in [0.3, 0.4) is 0 Å². The van der Waals surface area contributed by atoms with Crippen LogP contribution in [0.25, 0.3) is 44.2 Å². The van der Waals surface area contributed by atoms with Gasteiger partial charge in [-0.05, 0) is 51.2 Å². The lowest BCUT2D eigenvalue weighted by Gasteiger charge is -2.16. The number of rotatable bonds is 7. The van der Waals surface area contributed by atoms with E-state index in [9.17, 15) is 4.79 Å². The van der Waals surface area contributed by atoms with E-state index >= 15 is 0 Å². The van der Waals surface area contributed by atoms with E-state index in [0.717, 1.165) is 63.6 Å². The number of para-hydroxylation sites is 1. The molecule has 2 heterocycles. The van der Waals surface area contributed by atoms with Crippen LogP contribution < -0.4 is 5.56 Å². The van der Waals surface area contributed by atoms with Crippen LogP contribution >= 0.6 is 0 Å². The Kier molecular flexibility index (Phi) is 6.02. The van der Waals surface area contributed by atoms with Crippen molar-refractivity contribution < 1.29 is 0 Å². The molecule has 6 aromatic rings. The molecule has 6 rings (SSSR count). The number of nitrogens with one attached hydrogen (secondary N) is 1. The number of tetrazole rings is 1. The Balaban J connectivity index is 1.51. The van der Waals surface area contributed by atoms with Gasteiger partial charge in [-0.2, -0.15) is 5.21 Å². The lowest BCUT2D eigenvalue weighted by atomic mass is 9.92. The van der Waals surface area contributed by atoms with Crippen molar-refractivity contribution in [1.29, 1.82) is 0 Å². The van der Waals surface area contributed by atoms with Crippen LogP contribution in [0.4, 0.5) is 0 Å². The number of fused-ring (bicyclic) bond motifs is 2. The van der Waals surface area contributed by atoms with Gasteiger partial charge in [0.25, 0.3) is 5.56 Å². The van der Waals surface area contributed by atoms with Crippen LogP contribution in [0.1, 0.15) is 31.2 Å². The van der Waals surface area contributed by atoms with E-state index in [0.29, 0.717) is 17.8 Å². The van der Waals surface area contributed by atoms with Gasteiger partial charge in [-0.1, -0.05) is 86.1 Å². The van der Waals surface area contributed by atoms with Gasteiger partial charge < -0.3 is 0 Å². The van der Waals surface area contributed by atoms with Gasteiger partial charge in [-0.25, -0.2) is 4.98 Å². The molecule has 7 heteroatoms. The number of aromatic nitrogens is 6. The van der Waals surface area contributed by atoms with Crippen molar-refractivity contribution in [2.24, 2.45) is 0 Å². The SMILES string of the molecule is CCCCc1nc2ccccc2c(=O)n1Cc1cccc2c(-c3ccccc3-c3nn[nH]n3)cccc12. The fraction of sp³-hybridized carbons (Fsp3) is 0.167. The molecule has 4 aromatic carbocycles. The fourth-order valence-corrected chi connectivity index (χ4v) is 5.01. The summed E-state index contributed by atoms with van der Waals surface area (Å²) in [5.41, 5.74) is 4.86. The number of unbranched alkanes of at least 4 members (excludes halogenated alkanes) is 1. The molecule has 182 valence electrons. The van der Waals surface area contributed by atoms with Crippen LogP contribution in [-0.4, -0.2) is 30.2 Å². The number of benzene rings is 4. The van der Waals surface area contributed by atoms with Gasteiger partial charge in [0.15, 0.2) is 0 Å². The van der Waals surface area contributed by atoms with E-state index < -0.39 is 0 Å². The zero-order valence-corrected chi connectivity index (χ0v) is 20.6. The summed E-state index contributed by atoms with van der Waals surface area (Å²) >= 11 is 0. The maximum Gasteiger partial charge on any atom is 0.261 e. The zero-order valence-electron chi connectivity index (χ0n) is 20.6. The summed E-state index contributed by atoms with van der Waals surface area (Å²) in [6.45, 7) is 2.62. The molecule has 2 aromatic heterocycles. The highest BCUT2D eigenvalue weighted by Gasteiger charge is 2.16. The summed E-state index contributed by atoms with van der Waals surface area (Å²) in [6, 6.07) is 28.3. The first kappa shape index (κ1) is 22.8. The fourth-order valence-electron chi connectivity index (χ4n) is 5.01. The molecule has 0 amide bonds.